The van der Waals surface area contributed by atoms with Crippen molar-refractivity contribution in [2.75, 3.05) is 19.4 Å². The van der Waals surface area contributed by atoms with Crippen LogP contribution in [0.25, 0.3) is 11.5 Å². The zero-order valence-corrected chi connectivity index (χ0v) is 14.1. The van der Waals surface area contributed by atoms with Crippen molar-refractivity contribution >= 4 is 17.4 Å². The zero-order chi connectivity index (χ0) is 18.5. The van der Waals surface area contributed by atoms with Crippen molar-refractivity contribution in [1.29, 1.82) is 0 Å². The first-order valence-corrected chi connectivity index (χ1v) is 7.84. The fraction of sp³-hybridized carbons (Fsp3) is 0.105. The number of nitrogens with two attached hydrogens (primary N) is 1. The Morgan fingerprint density at radius 3 is 2.58 bits per heavy atom. The summed E-state index contributed by atoms with van der Waals surface area (Å²) in [6.07, 6.45) is 1.23. The molecule has 0 aliphatic rings. The number of amides is 1. The Balaban J connectivity index is 1.63. The maximum absolute atomic E-state index is 12.2. The summed E-state index contributed by atoms with van der Waals surface area (Å²) in [5.74, 6) is 0.170. The Morgan fingerprint density at radius 2 is 1.88 bits per heavy atom. The molecule has 0 spiro atoms. The van der Waals surface area contributed by atoms with E-state index in [0.29, 0.717) is 22.6 Å². The molecule has 0 aliphatic carbocycles. The van der Waals surface area contributed by atoms with E-state index in [9.17, 15) is 9.59 Å². The van der Waals surface area contributed by atoms with Crippen LogP contribution in [-0.2, 0) is 0 Å². The third-order valence-electron chi connectivity index (χ3n) is 3.75. The predicted molar refractivity (Wildman–Crippen MR) is 96.0 cm³/mol. The predicted octanol–water partition coefficient (Wildman–Crippen LogP) is 2.55. The lowest BCUT2D eigenvalue weighted by Gasteiger charge is -2.04. The Morgan fingerprint density at radius 1 is 1.15 bits per heavy atom. The lowest BCUT2D eigenvalue weighted by molar-refractivity contribution is 0.0901. The number of nitrogens with one attached hydrogen (secondary N) is 1. The van der Waals surface area contributed by atoms with Crippen LogP contribution in [0.5, 0.6) is 5.75 Å². The molecule has 1 amide bonds. The van der Waals surface area contributed by atoms with Gasteiger partial charge < -0.3 is 20.2 Å². The molecule has 132 valence electrons. The highest BCUT2D eigenvalue weighted by Crippen LogP contribution is 2.24. The molecule has 7 nitrogen and oxygen atoms in total. The maximum atomic E-state index is 12.2. The van der Waals surface area contributed by atoms with E-state index in [1.165, 1.54) is 6.26 Å². The largest absolute Gasteiger partial charge is 0.497 e. The Labute approximate surface area is 149 Å². The van der Waals surface area contributed by atoms with E-state index < -0.39 is 5.91 Å². The summed E-state index contributed by atoms with van der Waals surface area (Å²) < 4.78 is 10.4. The number of carbonyl (C=O) groups is 2. The van der Waals surface area contributed by atoms with E-state index in [0.717, 1.165) is 0 Å². The monoisotopic (exact) mass is 351 g/mol. The van der Waals surface area contributed by atoms with E-state index in [1.54, 1.807) is 55.6 Å². The van der Waals surface area contributed by atoms with Gasteiger partial charge in [-0.25, -0.2) is 4.98 Å². The molecule has 2 aromatic carbocycles. The average Bonchev–Trinajstić information content (AvgIpc) is 3.16. The second-order valence-corrected chi connectivity index (χ2v) is 5.46. The van der Waals surface area contributed by atoms with Crippen LogP contribution in [0.1, 0.15) is 20.8 Å². The lowest BCUT2D eigenvalue weighted by atomic mass is 10.1. The number of oxazole rings is 1. The number of methoxy groups -OCH3 is 1. The van der Waals surface area contributed by atoms with Gasteiger partial charge in [0.2, 0.25) is 5.89 Å². The van der Waals surface area contributed by atoms with Crippen molar-refractivity contribution in [3.8, 4) is 17.2 Å². The highest BCUT2D eigenvalue weighted by atomic mass is 16.5. The van der Waals surface area contributed by atoms with Gasteiger partial charge in [-0.05, 0) is 36.4 Å². The smallest absolute Gasteiger partial charge is 0.273 e. The molecule has 0 unspecified atom stereocenters. The van der Waals surface area contributed by atoms with Gasteiger partial charge in [0.25, 0.3) is 5.91 Å². The summed E-state index contributed by atoms with van der Waals surface area (Å²) in [5.41, 5.74) is 7.51. The first-order chi connectivity index (χ1) is 12.6. The first kappa shape index (κ1) is 17.2. The van der Waals surface area contributed by atoms with Gasteiger partial charge in [0.05, 0.1) is 19.2 Å². The van der Waals surface area contributed by atoms with Crippen molar-refractivity contribution in [1.82, 2.24) is 10.3 Å². The van der Waals surface area contributed by atoms with Gasteiger partial charge in [0.1, 0.15) is 12.0 Å². The van der Waals surface area contributed by atoms with Crippen LogP contribution in [0, 0.1) is 0 Å². The molecule has 0 saturated heterocycles. The molecular formula is C19H17N3O4. The summed E-state index contributed by atoms with van der Waals surface area (Å²) in [4.78, 5) is 28.4. The topological polar surface area (TPSA) is 107 Å². The third kappa shape index (κ3) is 3.72. The van der Waals surface area contributed by atoms with Crippen molar-refractivity contribution in [3.05, 3.63) is 66.1 Å². The van der Waals surface area contributed by atoms with Gasteiger partial charge in [-0.2, -0.15) is 0 Å². The zero-order valence-electron chi connectivity index (χ0n) is 14.1. The summed E-state index contributed by atoms with van der Waals surface area (Å²) >= 11 is 0. The van der Waals surface area contributed by atoms with E-state index in [1.807, 2.05) is 0 Å². The van der Waals surface area contributed by atoms with Gasteiger partial charge in [0, 0.05) is 11.3 Å². The summed E-state index contributed by atoms with van der Waals surface area (Å²) in [6, 6.07) is 13.7. The molecule has 1 aromatic heterocycles. The molecule has 0 saturated carbocycles. The SMILES string of the molecule is COc1ccc(C(=O)CNC(=O)c2coc(-c3ccccc3N)n2)cc1. The number of para-hydroxylation sites is 1. The van der Waals surface area contributed by atoms with Crippen LogP contribution >= 0.6 is 0 Å². The number of nitrogen functional groups attached to an aromatic ring is 1. The highest BCUT2D eigenvalue weighted by molar-refractivity contribution is 6.01. The highest BCUT2D eigenvalue weighted by Gasteiger charge is 2.16. The number of ketones is 1. The number of anilines is 1. The molecule has 0 radical (unpaired) electrons. The van der Waals surface area contributed by atoms with Gasteiger partial charge in [-0.1, -0.05) is 12.1 Å². The number of rotatable bonds is 6. The average molecular weight is 351 g/mol. The minimum absolute atomic E-state index is 0.0748. The van der Waals surface area contributed by atoms with E-state index in [-0.39, 0.29) is 23.9 Å². The number of aromatic nitrogens is 1. The Hall–Kier alpha value is -3.61. The standard InChI is InChI=1S/C19H17N3O4/c1-25-13-8-6-12(7-9-13)17(23)10-21-18(24)16-11-26-19(22-16)14-4-2-3-5-15(14)20/h2-9,11H,10,20H2,1H3,(H,21,24). The van der Waals surface area contributed by atoms with Gasteiger partial charge in [0.15, 0.2) is 11.5 Å². The number of benzene rings is 2. The molecule has 3 N–H and O–H groups in total. The fourth-order valence-corrected chi connectivity index (χ4v) is 2.32. The molecule has 0 bridgehead atoms. The van der Waals surface area contributed by atoms with Crippen LogP contribution in [0.2, 0.25) is 0 Å². The number of ether oxygens (including phenoxy) is 1. The molecule has 0 atom stereocenters. The van der Waals surface area contributed by atoms with Crippen LogP contribution in [0.3, 0.4) is 0 Å². The second kappa shape index (κ2) is 7.52. The Kier molecular flexibility index (Phi) is 4.98. The molecule has 0 aliphatic heterocycles. The molecule has 26 heavy (non-hydrogen) atoms. The normalized spacial score (nSPS) is 10.3. The van der Waals surface area contributed by atoms with Crippen molar-refractivity contribution in [3.63, 3.8) is 0 Å². The first-order valence-electron chi connectivity index (χ1n) is 7.84. The van der Waals surface area contributed by atoms with Crippen molar-refractivity contribution < 1.29 is 18.7 Å². The fourth-order valence-electron chi connectivity index (χ4n) is 2.32. The summed E-state index contributed by atoms with van der Waals surface area (Å²) in [7, 11) is 1.55. The molecule has 3 aromatic rings. The number of hydrogen-bond donors (Lipinski definition) is 2. The van der Waals surface area contributed by atoms with Crippen LogP contribution < -0.4 is 15.8 Å². The molecule has 7 heteroatoms. The molecule has 1 heterocycles. The number of hydrogen-bond acceptors (Lipinski definition) is 6. The number of nitrogens with zero attached hydrogens (tertiary/aromatic N) is 1. The van der Waals surface area contributed by atoms with Crippen molar-refractivity contribution in [2.45, 2.75) is 0 Å². The minimum atomic E-state index is -0.503. The van der Waals surface area contributed by atoms with Crippen LogP contribution in [-0.4, -0.2) is 30.3 Å². The van der Waals surface area contributed by atoms with E-state index in [2.05, 4.69) is 10.3 Å². The van der Waals surface area contributed by atoms with E-state index >= 15 is 0 Å². The van der Waals surface area contributed by atoms with Gasteiger partial charge in [-0.15, -0.1) is 0 Å². The Bertz CT molecular complexity index is 932. The lowest BCUT2D eigenvalue weighted by Crippen LogP contribution is -2.29. The number of Topliss-reactive ketones (excluding diaryl/α,β-unsaturated/α-hetero) is 1. The van der Waals surface area contributed by atoms with E-state index in [4.69, 9.17) is 14.9 Å². The van der Waals surface area contributed by atoms with Gasteiger partial charge in [-0.3, -0.25) is 9.59 Å². The molecule has 3 rings (SSSR count). The summed E-state index contributed by atoms with van der Waals surface area (Å²) in [6.45, 7) is -0.152. The van der Waals surface area contributed by atoms with Crippen LogP contribution in [0.15, 0.2) is 59.2 Å². The molecule has 0 fully saturated rings. The quantitative estimate of drug-likeness (QED) is 0.522. The maximum Gasteiger partial charge on any atom is 0.273 e. The molecular weight excluding hydrogens is 334 g/mol. The third-order valence-corrected chi connectivity index (χ3v) is 3.75. The minimum Gasteiger partial charge on any atom is -0.497 e. The number of carbonyl (C=O) groups excluding carboxylic acids is 2. The van der Waals surface area contributed by atoms with Crippen LogP contribution in [0.4, 0.5) is 5.69 Å². The van der Waals surface area contributed by atoms with Crippen molar-refractivity contribution in [2.24, 2.45) is 0 Å². The second-order valence-electron chi connectivity index (χ2n) is 5.46. The van der Waals surface area contributed by atoms with Gasteiger partial charge >= 0.3 is 0 Å². The summed E-state index contributed by atoms with van der Waals surface area (Å²) in [5, 5.41) is 2.53.